The Morgan fingerprint density at radius 1 is 1.21 bits per heavy atom. The number of hydrogen-bond donors (Lipinski definition) is 2. The second kappa shape index (κ2) is 8.00. The SMILES string of the molecule is O=C(NCC1CCCO1)c1cc2ccc(O)cc2oc1=Nc1ccc(F)cc1F. The summed E-state index contributed by atoms with van der Waals surface area (Å²) in [5.74, 6) is -2.12. The van der Waals surface area contributed by atoms with E-state index in [0.717, 1.165) is 25.0 Å². The highest BCUT2D eigenvalue weighted by molar-refractivity contribution is 5.96. The Labute approximate surface area is 164 Å². The Bertz CT molecular complexity index is 1140. The van der Waals surface area contributed by atoms with E-state index >= 15 is 0 Å². The van der Waals surface area contributed by atoms with Crippen LogP contribution < -0.4 is 10.9 Å². The maximum atomic E-state index is 14.1. The van der Waals surface area contributed by atoms with Crippen molar-refractivity contribution in [3.05, 3.63) is 65.2 Å². The van der Waals surface area contributed by atoms with Gasteiger partial charge in [0.2, 0.25) is 5.55 Å². The first-order valence-corrected chi connectivity index (χ1v) is 9.16. The van der Waals surface area contributed by atoms with E-state index in [9.17, 15) is 18.7 Å². The van der Waals surface area contributed by atoms with Crippen molar-refractivity contribution in [3.63, 3.8) is 0 Å². The van der Waals surface area contributed by atoms with E-state index in [4.69, 9.17) is 9.15 Å². The van der Waals surface area contributed by atoms with Crippen LogP contribution in [-0.4, -0.2) is 30.3 Å². The van der Waals surface area contributed by atoms with E-state index in [1.54, 1.807) is 12.1 Å². The number of rotatable bonds is 4. The Hall–Kier alpha value is -3.26. The predicted octanol–water partition coefficient (Wildman–Crippen LogP) is 3.56. The van der Waals surface area contributed by atoms with Gasteiger partial charge in [-0.05, 0) is 43.2 Å². The third-order valence-corrected chi connectivity index (χ3v) is 4.62. The molecule has 1 aliphatic heterocycles. The first kappa shape index (κ1) is 19.1. The summed E-state index contributed by atoms with van der Waals surface area (Å²) in [4.78, 5) is 16.9. The quantitative estimate of drug-likeness (QED) is 0.702. The van der Waals surface area contributed by atoms with Crippen molar-refractivity contribution >= 4 is 22.6 Å². The fourth-order valence-electron chi connectivity index (χ4n) is 3.14. The van der Waals surface area contributed by atoms with Crippen LogP contribution >= 0.6 is 0 Å². The number of amides is 1. The summed E-state index contributed by atoms with van der Waals surface area (Å²) in [6, 6.07) is 8.87. The van der Waals surface area contributed by atoms with E-state index in [0.29, 0.717) is 24.6 Å². The van der Waals surface area contributed by atoms with Crippen LogP contribution in [0.4, 0.5) is 14.5 Å². The van der Waals surface area contributed by atoms with Gasteiger partial charge >= 0.3 is 0 Å². The molecule has 1 aromatic heterocycles. The van der Waals surface area contributed by atoms with Crippen LogP contribution in [0.25, 0.3) is 11.0 Å². The van der Waals surface area contributed by atoms with Crippen LogP contribution in [0, 0.1) is 11.6 Å². The van der Waals surface area contributed by atoms with Crippen LogP contribution in [0.5, 0.6) is 5.75 Å². The second-order valence-corrected chi connectivity index (χ2v) is 6.74. The molecule has 2 aromatic carbocycles. The molecule has 0 spiro atoms. The van der Waals surface area contributed by atoms with Crippen molar-refractivity contribution < 1.29 is 27.8 Å². The molecule has 1 amide bonds. The summed E-state index contributed by atoms with van der Waals surface area (Å²) in [5, 5.41) is 13.0. The van der Waals surface area contributed by atoms with Gasteiger partial charge in [-0.2, -0.15) is 0 Å². The molecule has 4 rings (SSSR count). The molecule has 1 unspecified atom stereocenters. The topological polar surface area (TPSA) is 84.1 Å². The lowest BCUT2D eigenvalue weighted by Gasteiger charge is -2.11. The van der Waals surface area contributed by atoms with Crippen LogP contribution in [0.2, 0.25) is 0 Å². The first-order valence-electron chi connectivity index (χ1n) is 9.16. The highest BCUT2D eigenvalue weighted by Gasteiger charge is 2.19. The van der Waals surface area contributed by atoms with Crippen LogP contribution in [-0.2, 0) is 4.74 Å². The molecule has 0 saturated carbocycles. The van der Waals surface area contributed by atoms with Gasteiger partial charge < -0.3 is 19.6 Å². The minimum Gasteiger partial charge on any atom is -0.508 e. The molecule has 2 heterocycles. The Balaban J connectivity index is 1.78. The third-order valence-electron chi connectivity index (χ3n) is 4.62. The van der Waals surface area contributed by atoms with Crippen LogP contribution in [0.15, 0.2) is 51.9 Å². The molecule has 1 fully saturated rings. The van der Waals surface area contributed by atoms with Crippen molar-refractivity contribution in [3.8, 4) is 5.75 Å². The minimum absolute atomic E-state index is 0.0317. The van der Waals surface area contributed by atoms with Crippen molar-refractivity contribution in [2.75, 3.05) is 13.2 Å². The second-order valence-electron chi connectivity index (χ2n) is 6.74. The first-order chi connectivity index (χ1) is 14.0. The molecule has 1 atom stereocenters. The van der Waals surface area contributed by atoms with Gasteiger partial charge in [0.25, 0.3) is 5.91 Å². The monoisotopic (exact) mass is 400 g/mol. The minimum atomic E-state index is -0.887. The molecule has 1 aliphatic rings. The van der Waals surface area contributed by atoms with Gasteiger partial charge in [-0.3, -0.25) is 4.79 Å². The van der Waals surface area contributed by atoms with Gasteiger partial charge in [-0.15, -0.1) is 0 Å². The number of carbonyl (C=O) groups is 1. The van der Waals surface area contributed by atoms with Gasteiger partial charge in [0.05, 0.1) is 6.10 Å². The highest BCUT2D eigenvalue weighted by atomic mass is 19.1. The number of hydrogen-bond acceptors (Lipinski definition) is 5. The zero-order valence-corrected chi connectivity index (χ0v) is 15.3. The molecule has 1 saturated heterocycles. The van der Waals surface area contributed by atoms with E-state index in [1.807, 2.05) is 0 Å². The van der Waals surface area contributed by atoms with E-state index in [2.05, 4.69) is 10.3 Å². The maximum absolute atomic E-state index is 14.1. The molecule has 2 N–H and O–H groups in total. The number of phenols is 1. The number of nitrogens with one attached hydrogen (secondary N) is 1. The third kappa shape index (κ3) is 4.27. The maximum Gasteiger partial charge on any atom is 0.256 e. The molecular formula is C21H18F2N2O4. The highest BCUT2D eigenvalue weighted by Crippen LogP contribution is 2.21. The standard InChI is InChI=1S/C21H18F2N2O4/c22-13-4-6-18(17(23)9-13)25-21-16(20(27)24-11-15-2-1-7-28-15)8-12-3-5-14(26)10-19(12)29-21/h3-6,8-10,15,26H,1-2,7,11H2,(H,24,27). The van der Waals surface area contributed by atoms with Crippen molar-refractivity contribution in [1.29, 1.82) is 0 Å². The van der Waals surface area contributed by atoms with Crippen LogP contribution in [0.1, 0.15) is 23.2 Å². The number of phenolic OH excluding ortho intramolecular Hbond substituents is 1. The van der Waals surface area contributed by atoms with E-state index < -0.39 is 17.5 Å². The van der Waals surface area contributed by atoms with E-state index in [1.165, 1.54) is 12.1 Å². The zero-order chi connectivity index (χ0) is 20.4. The lowest BCUT2D eigenvalue weighted by Crippen LogP contribution is -2.34. The largest absolute Gasteiger partial charge is 0.508 e. The molecule has 0 aliphatic carbocycles. The average molecular weight is 400 g/mol. The van der Waals surface area contributed by atoms with Crippen LogP contribution in [0.3, 0.4) is 0 Å². The number of halogens is 2. The van der Waals surface area contributed by atoms with Crippen molar-refractivity contribution in [2.24, 2.45) is 4.99 Å². The normalized spacial score (nSPS) is 17.0. The smallest absolute Gasteiger partial charge is 0.256 e. The fraction of sp³-hybridized carbons (Fsp3) is 0.238. The summed E-state index contributed by atoms with van der Waals surface area (Å²) in [6.07, 6.45) is 1.75. The Kier molecular flexibility index (Phi) is 5.26. The van der Waals surface area contributed by atoms with Crippen molar-refractivity contribution in [1.82, 2.24) is 5.32 Å². The number of nitrogens with zero attached hydrogens (tertiary/aromatic N) is 1. The summed E-state index contributed by atoms with van der Waals surface area (Å²) >= 11 is 0. The zero-order valence-electron chi connectivity index (χ0n) is 15.3. The summed E-state index contributed by atoms with van der Waals surface area (Å²) < 4.78 is 38.4. The van der Waals surface area contributed by atoms with Gasteiger partial charge in [-0.1, -0.05) is 0 Å². The van der Waals surface area contributed by atoms with Crippen molar-refractivity contribution in [2.45, 2.75) is 18.9 Å². The molecular weight excluding hydrogens is 382 g/mol. The molecule has 8 heteroatoms. The Morgan fingerprint density at radius 3 is 2.83 bits per heavy atom. The number of fused-ring (bicyclic) bond motifs is 1. The molecule has 0 radical (unpaired) electrons. The van der Waals surface area contributed by atoms with E-state index in [-0.39, 0.29) is 34.2 Å². The molecule has 29 heavy (non-hydrogen) atoms. The van der Waals surface area contributed by atoms with Gasteiger partial charge in [0.15, 0.2) is 5.82 Å². The van der Waals surface area contributed by atoms with Gasteiger partial charge in [0.1, 0.15) is 28.4 Å². The Morgan fingerprint density at radius 2 is 2.07 bits per heavy atom. The predicted molar refractivity (Wildman–Crippen MR) is 101 cm³/mol. The number of aromatic hydroxyl groups is 1. The van der Waals surface area contributed by atoms with Gasteiger partial charge in [-0.25, -0.2) is 13.8 Å². The number of carbonyl (C=O) groups excluding carboxylic acids is 1. The average Bonchev–Trinajstić information content (AvgIpc) is 3.21. The lowest BCUT2D eigenvalue weighted by molar-refractivity contribution is 0.0854. The molecule has 0 bridgehead atoms. The summed E-state index contributed by atoms with van der Waals surface area (Å²) in [6.45, 7) is 0.997. The molecule has 150 valence electrons. The number of benzene rings is 2. The number of ether oxygens (including phenoxy) is 1. The lowest BCUT2D eigenvalue weighted by atomic mass is 10.1. The molecule has 6 nitrogen and oxygen atoms in total. The summed E-state index contributed by atoms with van der Waals surface area (Å²) in [5.41, 5.74) is 0.0214. The summed E-state index contributed by atoms with van der Waals surface area (Å²) in [7, 11) is 0. The van der Waals surface area contributed by atoms with Gasteiger partial charge in [0, 0.05) is 30.7 Å². The fourth-order valence-corrected chi connectivity index (χ4v) is 3.14. The molecule has 3 aromatic rings.